The summed E-state index contributed by atoms with van der Waals surface area (Å²) in [5, 5.41) is 7.41. The van der Waals surface area contributed by atoms with Gasteiger partial charge in [0.2, 0.25) is 0 Å². The van der Waals surface area contributed by atoms with Gasteiger partial charge in [0, 0.05) is 33.2 Å². The molecule has 0 bridgehead atoms. The van der Waals surface area contributed by atoms with E-state index in [1.807, 2.05) is 12.1 Å². The third kappa shape index (κ3) is 2.57. The highest BCUT2D eigenvalue weighted by atomic mass is 16.1. The van der Waals surface area contributed by atoms with Gasteiger partial charge in [0.15, 0.2) is 0 Å². The van der Waals surface area contributed by atoms with Gasteiger partial charge in [-0.15, -0.1) is 0 Å². The number of nitrogens with zero attached hydrogens (tertiary/aromatic N) is 2. The van der Waals surface area contributed by atoms with Crippen molar-refractivity contribution in [2.45, 2.75) is 0 Å². The van der Waals surface area contributed by atoms with Gasteiger partial charge < -0.3 is 10.1 Å². The topological polar surface area (TPSA) is 35.6 Å². The third-order valence-electron chi connectivity index (χ3n) is 1.91. The number of aldehydes is 1. The Kier molecular flexibility index (Phi) is 3.48. The van der Waals surface area contributed by atoms with E-state index >= 15 is 0 Å². The van der Waals surface area contributed by atoms with Gasteiger partial charge in [-0.3, -0.25) is 0 Å². The Labute approximate surface area is 67.1 Å². The number of nitrogens with one attached hydrogen (secondary N) is 1. The van der Waals surface area contributed by atoms with E-state index in [1.165, 1.54) is 0 Å². The molecule has 0 amide bonds. The number of rotatable bonds is 3. The summed E-state index contributed by atoms with van der Waals surface area (Å²) in [7, 11) is 1.94. The average molecular weight is 157 g/mol. The fourth-order valence-corrected chi connectivity index (χ4v) is 1.22. The molecule has 1 aliphatic heterocycles. The summed E-state index contributed by atoms with van der Waals surface area (Å²) in [6, 6.07) is 0. The van der Waals surface area contributed by atoms with Crippen LogP contribution in [-0.2, 0) is 4.79 Å². The molecule has 1 fully saturated rings. The van der Waals surface area contributed by atoms with Crippen LogP contribution in [0, 0.1) is 0 Å². The molecule has 0 radical (unpaired) electrons. The van der Waals surface area contributed by atoms with Crippen molar-refractivity contribution in [3.63, 3.8) is 0 Å². The van der Waals surface area contributed by atoms with Gasteiger partial charge in [0.25, 0.3) is 0 Å². The molecular formula is C7H15N3O. The minimum Gasteiger partial charge on any atom is -0.314 e. The van der Waals surface area contributed by atoms with Crippen LogP contribution in [0.2, 0.25) is 0 Å². The van der Waals surface area contributed by atoms with Crippen molar-refractivity contribution in [3.05, 3.63) is 0 Å². The predicted octanol–water partition coefficient (Wildman–Crippen LogP) is -1.06. The highest BCUT2D eigenvalue weighted by molar-refractivity contribution is 5.51. The van der Waals surface area contributed by atoms with Crippen molar-refractivity contribution >= 4 is 6.29 Å². The maximum Gasteiger partial charge on any atom is 0.135 e. The van der Waals surface area contributed by atoms with E-state index in [-0.39, 0.29) is 0 Å². The molecular weight excluding hydrogens is 142 g/mol. The molecule has 0 unspecified atom stereocenters. The summed E-state index contributed by atoms with van der Waals surface area (Å²) in [5.41, 5.74) is 0. The van der Waals surface area contributed by atoms with Crippen LogP contribution < -0.4 is 5.32 Å². The van der Waals surface area contributed by atoms with Crippen molar-refractivity contribution in [3.8, 4) is 0 Å². The van der Waals surface area contributed by atoms with Crippen LogP contribution in [0.25, 0.3) is 0 Å². The highest BCUT2D eigenvalue weighted by Gasteiger charge is 2.12. The number of hydrazine groups is 1. The first-order valence-corrected chi connectivity index (χ1v) is 3.95. The lowest BCUT2D eigenvalue weighted by molar-refractivity contribution is -0.113. The second kappa shape index (κ2) is 4.43. The Morgan fingerprint density at radius 3 is 2.73 bits per heavy atom. The van der Waals surface area contributed by atoms with Crippen LogP contribution in [0.5, 0.6) is 0 Å². The maximum absolute atomic E-state index is 10.2. The number of piperazine rings is 1. The molecule has 0 aromatic rings. The molecule has 1 N–H and O–H groups in total. The van der Waals surface area contributed by atoms with Gasteiger partial charge in [-0.05, 0) is 0 Å². The molecule has 0 aromatic heterocycles. The van der Waals surface area contributed by atoms with Crippen LogP contribution in [-0.4, -0.2) is 56.1 Å². The highest BCUT2D eigenvalue weighted by Crippen LogP contribution is 1.94. The van der Waals surface area contributed by atoms with E-state index in [4.69, 9.17) is 0 Å². The van der Waals surface area contributed by atoms with Crippen molar-refractivity contribution in [2.24, 2.45) is 0 Å². The van der Waals surface area contributed by atoms with Gasteiger partial charge in [0.1, 0.15) is 6.29 Å². The zero-order valence-corrected chi connectivity index (χ0v) is 6.92. The predicted molar refractivity (Wildman–Crippen MR) is 43.1 cm³/mol. The molecule has 0 aromatic carbocycles. The Morgan fingerprint density at radius 1 is 1.55 bits per heavy atom. The number of hydrogen-bond acceptors (Lipinski definition) is 4. The van der Waals surface area contributed by atoms with E-state index < -0.39 is 0 Å². The minimum atomic E-state index is 0.500. The summed E-state index contributed by atoms with van der Waals surface area (Å²) in [5.74, 6) is 0. The largest absolute Gasteiger partial charge is 0.314 e. The molecule has 0 aliphatic carbocycles. The number of carbonyl (C=O) groups is 1. The molecule has 64 valence electrons. The van der Waals surface area contributed by atoms with Gasteiger partial charge in [-0.25, -0.2) is 10.0 Å². The van der Waals surface area contributed by atoms with E-state index in [0.29, 0.717) is 6.54 Å². The van der Waals surface area contributed by atoms with Gasteiger partial charge >= 0.3 is 0 Å². The van der Waals surface area contributed by atoms with Gasteiger partial charge in [-0.2, -0.15) is 0 Å². The molecule has 4 heteroatoms. The normalized spacial score (nSPS) is 20.5. The first kappa shape index (κ1) is 8.64. The molecule has 11 heavy (non-hydrogen) atoms. The molecule has 0 atom stereocenters. The van der Waals surface area contributed by atoms with Gasteiger partial charge in [0.05, 0.1) is 6.54 Å². The van der Waals surface area contributed by atoms with Crippen LogP contribution >= 0.6 is 0 Å². The van der Waals surface area contributed by atoms with E-state index in [9.17, 15) is 4.79 Å². The molecule has 4 nitrogen and oxygen atoms in total. The molecule has 1 heterocycles. The van der Waals surface area contributed by atoms with Crippen LogP contribution in [0.3, 0.4) is 0 Å². The van der Waals surface area contributed by atoms with Crippen molar-refractivity contribution < 1.29 is 4.79 Å². The molecule has 1 aliphatic rings. The Morgan fingerprint density at radius 2 is 2.18 bits per heavy atom. The van der Waals surface area contributed by atoms with Crippen LogP contribution in [0.1, 0.15) is 0 Å². The maximum atomic E-state index is 10.2. The van der Waals surface area contributed by atoms with Crippen molar-refractivity contribution in [1.29, 1.82) is 0 Å². The lowest BCUT2D eigenvalue weighted by Crippen LogP contribution is -2.51. The fourth-order valence-electron chi connectivity index (χ4n) is 1.22. The summed E-state index contributed by atoms with van der Waals surface area (Å²) in [4.78, 5) is 10.2. The SMILES string of the molecule is CN(CC=O)N1CCNCC1. The Bertz CT molecular complexity index is 123. The zero-order chi connectivity index (χ0) is 8.10. The Hall–Kier alpha value is -0.450. The molecule has 1 rings (SSSR count). The van der Waals surface area contributed by atoms with Crippen molar-refractivity contribution in [1.82, 2.24) is 15.3 Å². The van der Waals surface area contributed by atoms with Crippen LogP contribution in [0.15, 0.2) is 0 Å². The smallest absolute Gasteiger partial charge is 0.135 e. The van der Waals surface area contributed by atoms with E-state index in [0.717, 1.165) is 32.5 Å². The molecule has 0 spiro atoms. The number of carbonyl (C=O) groups excluding carboxylic acids is 1. The lowest BCUT2D eigenvalue weighted by Gasteiger charge is -2.33. The molecule has 1 saturated heterocycles. The quantitative estimate of drug-likeness (QED) is 0.530. The number of hydrogen-bond donors (Lipinski definition) is 1. The average Bonchev–Trinajstić information content (AvgIpc) is 2.07. The zero-order valence-electron chi connectivity index (χ0n) is 6.92. The molecule has 0 saturated carbocycles. The summed E-state index contributed by atoms with van der Waals surface area (Å²) in [6.07, 6.45) is 0.933. The minimum absolute atomic E-state index is 0.500. The van der Waals surface area contributed by atoms with E-state index in [1.54, 1.807) is 0 Å². The lowest BCUT2D eigenvalue weighted by atomic mass is 10.4. The third-order valence-corrected chi connectivity index (χ3v) is 1.91. The second-order valence-electron chi connectivity index (χ2n) is 2.71. The second-order valence-corrected chi connectivity index (χ2v) is 2.71. The summed E-state index contributed by atoms with van der Waals surface area (Å²) < 4.78 is 0. The van der Waals surface area contributed by atoms with Gasteiger partial charge in [-0.1, -0.05) is 0 Å². The van der Waals surface area contributed by atoms with E-state index in [2.05, 4.69) is 10.3 Å². The van der Waals surface area contributed by atoms with Crippen molar-refractivity contribution in [2.75, 3.05) is 39.8 Å². The standard InChI is InChI=1S/C7H15N3O/c1-9(6-7-11)10-4-2-8-3-5-10/h7-8H,2-6H2,1H3. The monoisotopic (exact) mass is 157 g/mol. The first-order chi connectivity index (χ1) is 5.34. The Balaban J connectivity index is 2.26. The number of likely N-dealkylation sites (N-methyl/N-ethyl adjacent to an activating group) is 1. The first-order valence-electron chi connectivity index (χ1n) is 3.95. The van der Waals surface area contributed by atoms with Crippen LogP contribution in [0.4, 0.5) is 0 Å². The fraction of sp³-hybridized carbons (Fsp3) is 0.857. The summed E-state index contributed by atoms with van der Waals surface area (Å²) >= 11 is 0. The summed E-state index contributed by atoms with van der Waals surface area (Å²) in [6.45, 7) is 4.54.